The van der Waals surface area contributed by atoms with Gasteiger partial charge >= 0.3 is 0 Å². The summed E-state index contributed by atoms with van der Waals surface area (Å²) in [6, 6.07) is 3.72. The quantitative estimate of drug-likeness (QED) is 0.877. The molecule has 1 atom stereocenters. The third-order valence-corrected chi connectivity index (χ3v) is 6.48. The van der Waals surface area contributed by atoms with Gasteiger partial charge in [-0.25, -0.2) is 8.78 Å². The lowest BCUT2D eigenvalue weighted by molar-refractivity contribution is -0.139. The van der Waals surface area contributed by atoms with Gasteiger partial charge in [0.15, 0.2) is 0 Å². The molecule has 0 bridgehead atoms. The van der Waals surface area contributed by atoms with E-state index in [0.717, 1.165) is 63.6 Å². The molecule has 26 heavy (non-hydrogen) atoms. The fourth-order valence-electron chi connectivity index (χ4n) is 5.01. The van der Waals surface area contributed by atoms with E-state index in [0.29, 0.717) is 13.1 Å². The molecule has 4 rings (SSSR count). The number of carbonyl (C=O) groups excluding carboxylic acids is 1. The molecule has 6 heteroatoms. The maximum absolute atomic E-state index is 14.2. The first-order chi connectivity index (χ1) is 12.5. The second kappa shape index (κ2) is 6.80. The summed E-state index contributed by atoms with van der Waals surface area (Å²) in [5.74, 6) is -0.728. The molecule has 1 saturated carbocycles. The number of rotatable bonds is 2. The number of aliphatic hydroxyl groups excluding tert-OH is 1. The van der Waals surface area contributed by atoms with E-state index < -0.39 is 17.0 Å². The van der Waals surface area contributed by atoms with Crippen molar-refractivity contribution in [2.75, 3.05) is 24.5 Å². The minimum atomic E-state index is -0.479. The van der Waals surface area contributed by atoms with E-state index in [-0.39, 0.29) is 23.7 Å². The summed E-state index contributed by atoms with van der Waals surface area (Å²) < 4.78 is 27.8. The molecule has 2 heterocycles. The third-order valence-electron chi connectivity index (χ3n) is 6.48. The Balaban J connectivity index is 1.51. The number of likely N-dealkylation sites (tertiary alicyclic amines) is 1. The topological polar surface area (TPSA) is 43.8 Å². The number of benzene rings is 1. The van der Waals surface area contributed by atoms with Gasteiger partial charge in [-0.1, -0.05) is 0 Å². The molecule has 2 saturated heterocycles. The Hall–Kier alpha value is -1.69. The number of anilines is 1. The van der Waals surface area contributed by atoms with Crippen molar-refractivity contribution in [3.8, 4) is 0 Å². The molecular formula is C20H26F2N2O2. The minimum absolute atomic E-state index is 0.167. The molecule has 4 nitrogen and oxygen atoms in total. The van der Waals surface area contributed by atoms with Crippen LogP contribution in [0.15, 0.2) is 18.2 Å². The molecule has 3 aliphatic rings. The molecule has 1 spiro atoms. The van der Waals surface area contributed by atoms with Crippen molar-refractivity contribution < 1.29 is 18.7 Å². The molecule has 1 aromatic rings. The Morgan fingerprint density at radius 3 is 2.62 bits per heavy atom. The van der Waals surface area contributed by atoms with Crippen LogP contribution < -0.4 is 4.90 Å². The number of carbonyl (C=O) groups is 1. The number of hydrogen-bond donors (Lipinski definition) is 1. The van der Waals surface area contributed by atoms with Crippen molar-refractivity contribution >= 4 is 11.6 Å². The highest BCUT2D eigenvalue weighted by atomic mass is 19.1. The van der Waals surface area contributed by atoms with Crippen LogP contribution in [0.25, 0.3) is 0 Å². The largest absolute Gasteiger partial charge is 0.393 e. The third kappa shape index (κ3) is 3.08. The molecular weight excluding hydrogens is 338 g/mol. The second-order valence-electron chi connectivity index (χ2n) is 8.11. The monoisotopic (exact) mass is 364 g/mol. The van der Waals surface area contributed by atoms with E-state index in [4.69, 9.17) is 0 Å². The summed E-state index contributed by atoms with van der Waals surface area (Å²) in [6.07, 6.45) is 5.36. The van der Waals surface area contributed by atoms with Gasteiger partial charge in [0.2, 0.25) is 5.91 Å². The lowest BCUT2D eigenvalue weighted by atomic mass is 9.78. The Morgan fingerprint density at radius 1 is 1.08 bits per heavy atom. The van der Waals surface area contributed by atoms with Crippen molar-refractivity contribution in [2.45, 2.75) is 57.1 Å². The average molecular weight is 364 g/mol. The van der Waals surface area contributed by atoms with E-state index in [9.17, 15) is 18.7 Å². The molecule has 2 aliphatic heterocycles. The summed E-state index contributed by atoms with van der Waals surface area (Å²) in [7, 11) is 0. The van der Waals surface area contributed by atoms with Crippen molar-refractivity contribution in [2.24, 2.45) is 5.41 Å². The van der Waals surface area contributed by atoms with Crippen LogP contribution in [-0.4, -0.2) is 47.7 Å². The second-order valence-corrected chi connectivity index (χ2v) is 8.11. The number of amides is 1. The van der Waals surface area contributed by atoms with Gasteiger partial charge in [-0.05, 0) is 57.1 Å². The Labute approximate surface area is 152 Å². The Kier molecular flexibility index (Phi) is 4.63. The number of piperidine rings is 1. The summed E-state index contributed by atoms with van der Waals surface area (Å²) in [5.41, 5.74) is -0.219. The maximum atomic E-state index is 14.2. The van der Waals surface area contributed by atoms with E-state index in [2.05, 4.69) is 0 Å². The zero-order chi connectivity index (χ0) is 18.3. The lowest BCUT2D eigenvalue weighted by Crippen LogP contribution is -2.50. The zero-order valence-electron chi connectivity index (χ0n) is 15.0. The summed E-state index contributed by atoms with van der Waals surface area (Å²) >= 11 is 0. The van der Waals surface area contributed by atoms with Crippen LogP contribution >= 0.6 is 0 Å². The van der Waals surface area contributed by atoms with Crippen LogP contribution in [0.2, 0.25) is 0 Å². The van der Waals surface area contributed by atoms with E-state index in [1.165, 1.54) is 6.07 Å². The molecule has 1 amide bonds. The highest BCUT2D eigenvalue weighted by Gasteiger charge is 2.50. The zero-order valence-corrected chi connectivity index (χ0v) is 15.0. The predicted octanol–water partition coefficient (Wildman–Crippen LogP) is 3.09. The Morgan fingerprint density at radius 2 is 1.85 bits per heavy atom. The first kappa shape index (κ1) is 17.7. The van der Waals surface area contributed by atoms with Crippen LogP contribution in [0.4, 0.5) is 14.5 Å². The summed E-state index contributed by atoms with van der Waals surface area (Å²) in [6.45, 7) is 1.84. The highest BCUT2D eigenvalue weighted by Crippen LogP contribution is 2.43. The van der Waals surface area contributed by atoms with Gasteiger partial charge in [0.1, 0.15) is 11.6 Å². The smallest absolute Gasteiger partial charge is 0.230 e. The van der Waals surface area contributed by atoms with Gasteiger partial charge in [-0.2, -0.15) is 0 Å². The van der Waals surface area contributed by atoms with Gasteiger partial charge < -0.3 is 14.9 Å². The van der Waals surface area contributed by atoms with E-state index >= 15 is 0 Å². The van der Waals surface area contributed by atoms with Crippen LogP contribution in [0.1, 0.15) is 44.9 Å². The summed E-state index contributed by atoms with van der Waals surface area (Å²) in [4.78, 5) is 17.1. The fourth-order valence-corrected chi connectivity index (χ4v) is 5.01. The van der Waals surface area contributed by atoms with Crippen molar-refractivity contribution in [1.82, 2.24) is 4.90 Å². The normalized spacial score (nSPS) is 32.5. The predicted molar refractivity (Wildman–Crippen MR) is 94.8 cm³/mol. The van der Waals surface area contributed by atoms with Gasteiger partial charge in [-0.15, -0.1) is 0 Å². The average Bonchev–Trinajstić information content (AvgIpc) is 2.94. The van der Waals surface area contributed by atoms with Crippen molar-refractivity contribution in [1.29, 1.82) is 0 Å². The highest BCUT2D eigenvalue weighted by molar-refractivity contribution is 5.86. The van der Waals surface area contributed by atoms with Crippen molar-refractivity contribution in [3.05, 3.63) is 29.8 Å². The molecule has 1 aliphatic carbocycles. The number of nitrogens with zero attached hydrogens (tertiary/aromatic N) is 2. The molecule has 142 valence electrons. The number of aliphatic hydroxyl groups is 1. The van der Waals surface area contributed by atoms with Crippen LogP contribution in [0.5, 0.6) is 0 Å². The van der Waals surface area contributed by atoms with Crippen LogP contribution in [0.3, 0.4) is 0 Å². The maximum Gasteiger partial charge on any atom is 0.230 e. The molecule has 1 aromatic carbocycles. The standard InChI is InChI=1S/C20H26F2N2O2/c21-14-2-7-17(22)18(12-14)23-10-1-8-20(13-23)9-11-24(19(20)26)15-3-5-16(25)6-4-15/h2,7,12,15-16,25H,1,3-6,8-11,13H2/t15-,16-,20-/m1/s1. The minimum Gasteiger partial charge on any atom is -0.393 e. The van der Waals surface area contributed by atoms with Gasteiger partial charge in [0.25, 0.3) is 0 Å². The number of halogens is 2. The molecule has 1 N–H and O–H groups in total. The first-order valence-electron chi connectivity index (χ1n) is 9.68. The van der Waals surface area contributed by atoms with E-state index in [1.54, 1.807) is 0 Å². The molecule has 0 unspecified atom stereocenters. The molecule has 3 fully saturated rings. The van der Waals surface area contributed by atoms with Gasteiger partial charge in [0, 0.05) is 31.7 Å². The molecule has 0 aromatic heterocycles. The SMILES string of the molecule is O=C1N([C@H]2CC[C@H](O)CC2)CC[C@@]12CCCN(c1cc(F)ccc1F)C2. The number of hydrogen-bond acceptors (Lipinski definition) is 3. The fraction of sp³-hybridized carbons (Fsp3) is 0.650. The van der Waals surface area contributed by atoms with E-state index in [1.807, 2.05) is 9.80 Å². The Bertz CT molecular complexity index is 690. The summed E-state index contributed by atoms with van der Waals surface area (Å²) in [5, 5.41) is 9.71. The van der Waals surface area contributed by atoms with Gasteiger partial charge in [-0.3, -0.25) is 4.79 Å². The van der Waals surface area contributed by atoms with Gasteiger partial charge in [0.05, 0.1) is 17.2 Å². The molecule has 0 radical (unpaired) electrons. The van der Waals surface area contributed by atoms with Crippen LogP contribution in [0, 0.1) is 17.0 Å². The lowest BCUT2D eigenvalue weighted by Gasteiger charge is -2.41. The van der Waals surface area contributed by atoms with Crippen LogP contribution in [-0.2, 0) is 4.79 Å². The first-order valence-corrected chi connectivity index (χ1v) is 9.68. The van der Waals surface area contributed by atoms with Crippen molar-refractivity contribution in [3.63, 3.8) is 0 Å².